The molecule has 62 valence electrons. The molecular formula is C6H14O2S2. The average Bonchev–Trinajstić information content (AvgIpc) is 1.78. The van der Waals surface area contributed by atoms with Gasteiger partial charge < -0.3 is 0 Å². The maximum atomic E-state index is 10.6. The Morgan fingerprint density at radius 1 is 1.30 bits per heavy atom. The smallest absolute Gasteiger partial charge is 0.148 e. The Labute approximate surface area is 67.3 Å². The molecule has 0 rings (SSSR count). The van der Waals surface area contributed by atoms with E-state index >= 15 is 0 Å². The molecule has 0 aliphatic rings. The van der Waals surface area contributed by atoms with Crippen LogP contribution in [0.15, 0.2) is 0 Å². The van der Waals surface area contributed by atoms with Crippen LogP contribution >= 0.6 is 11.8 Å². The third kappa shape index (κ3) is 8.30. The molecule has 0 aliphatic heterocycles. The molecule has 10 heavy (non-hydrogen) atoms. The topological polar surface area (TPSA) is 34.1 Å². The maximum Gasteiger partial charge on any atom is 0.148 e. The molecule has 2 nitrogen and oxygen atoms in total. The van der Waals surface area contributed by atoms with E-state index in [1.165, 1.54) is 6.26 Å². The van der Waals surface area contributed by atoms with E-state index in [9.17, 15) is 8.42 Å². The van der Waals surface area contributed by atoms with Crippen LogP contribution in [-0.4, -0.2) is 31.9 Å². The van der Waals surface area contributed by atoms with E-state index in [1.54, 1.807) is 11.8 Å². The van der Waals surface area contributed by atoms with E-state index in [0.29, 0.717) is 5.75 Å². The Morgan fingerprint density at radius 3 is 2.30 bits per heavy atom. The third-order valence-corrected chi connectivity index (χ3v) is 3.34. The summed E-state index contributed by atoms with van der Waals surface area (Å²) in [6.45, 7) is 2.09. The molecule has 0 amide bonds. The van der Waals surface area contributed by atoms with Crippen LogP contribution < -0.4 is 0 Å². The summed E-state index contributed by atoms with van der Waals surface area (Å²) in [4.78, 5) is 0. The second-order valence-electron chi connectivity index (χ2n) is 2.24. The molecule has 4 heteroatoms. The van der Waals surface area contributed by atoms with Crippen molar-refractivity contribution >= 4 is 21.6 Å². The molecule has 0 aromatic heterocycles. The number of rotatable bonds is 5. The summed E-state index contributed by atoms with van der Waals surface area (Å²) in [6, 6.07) is 0. The summed E-state index contributed by atoms with van der Waals surface area (Å²) >= 11 is 1.70. The van der Waals surface area contributed by atoms with Crippen molar-refractivity contribution in [3.8, 4) is 0 Å². The van der Waals surface area contributed by atoms with Crippen LogP contribution in [-0.2, 0) is 9.84 Å². The Hall–Kier alpha value is 0.300. The lowest BCUT2D eigenvalue weighted by atomic mass is 10.6. The zero-order valence-corrected chi connectivity index (χ0v) is 8.09. The molecular weight excluding hydrogens is 168 g/mol. The molecule has 0 aliphatic carbocycles. The van der Waals surface area contributed by atoms with Gasteiger partial charge in [-0.3, -0.25) is 0 Å². The van der Waals surface area contributed by atoms with Gasteiger partial charge in [0.25, 0.3) is 0 Å². The standard InChI is InChI=1S/C6H14O2S2/c1-3-4-9-5-6-10(2,7)8/h3-6H2,1-2H3. The lowest BCUT2D eigenvalue weighted by Crippen LogP contribution is -2.05. The first-order valence-corrected chi connectivity index (χ1v) is 6.53. The fraction of sp³-hybridized carbons (Fsp3) is 1.00. The van der Waals surface area contributed by atoms with Crippen LogP contribution in [0.2, 0.25) is 0 Å². The lowest BCUT2D eigenvalue weighted by Gasteiger charge is -1.96. The molecule has 0 unspecified atom stereocenters. The number of thioether (sulfide) groups is 1. The van der Waals surface area contributed by atoms with Gasteiger partial charge >= 0.3 is 0 Å². The molecule has 0 atom stereocenters. The number of hydrogen-bond acceptors (Lipinski definition) is 3. The van der Waals surface area contributed by atoms with Gasteiger partial charge in [0.15, 0.2) is 0 Å². The average molecular weight is 182 g/mol. The summed E-state index contributed by atoms with van der Waals surface area (Å²) in [5.74, 6) is 2.12. The highest BCUT2D eigenvalue weighted by molar-refractivity contribution is 8.00. The summed E-state index contributed by atoms with van der Waals surface area (Å²) < 4.78 is 21.2. The first-order valence-electron chi connectivity index (χ1n) is 3.31. The molecule has 0 N–H and O–H groups in total. The highest BCUT2D eigenvalue weighted by Crippen LogP contribution is 2.02. The van der Waals surface area contributed by atoms with Crippen LogP contribution in [0.25, 0.3) is 0 Å². The molecule has 0 spiro atoms. The zero-order valence-electron chi connectivity index (χ0n) is 6.46. The number of hydrogen-bond donors (Lipinski definition) is 0. The maximum absolute atomic E-state index is 10.6. The minimum atomic E-state index is -2.73. The third-order valence-electron chi connectivity index (χ3n) is 0.947. The minimum absolute atomic E-state index is 0.317. The van der Waals surface area contributed by atoms with Crippen molar-refractivity contribution < 1.29 is 8.42 Å². The molecule has 0 saturated heterocycles. The van der Waals surface area contributed by atoms with E-state index in [1.807, 2.05) is 0 Å². The monoisotopic (exact) mass is 182 g/mol. The SMILES string of the molecule is CCCSCCS(C)(=O)=O. The quantitative estimate of drug-likeness (QED) is 0.599. The summed E-state index contributed by atoms with van der Waals surface area (Å²) in [6.07, 6.45) is 2.40. The second-order valence-corrected chi connectivity index (χ2v) is 5.73. The van der Waals surface area contributed by atoms with Crippen molar-refractivity contribution in [3.63, 3.8) is 0 Å². The number of sulfone groups is 1. The fourth-order valence-corrected chi connectivity index (χ4v) is 2.63. The predicted molar refractivity (Wildman–Crippen MR) is 47.3 cm³/mol. The van der Waals surface area contributed by atoms with Crippen molar-refractivity contribution in [3.05, 3.63) is 0 Å². The van der Waals surface area contributed by atoms with E-state index in [2.05, 4.69) is 6.92 Å². The van der Waals surface area contributed by atoms with E-state index < -0.39 is 9.84 Å². The van der Waals surface area contributed by atoms with Gasteiger partial charge in [-0.2, -0.15) is 11.8 Å². The Balaban J connectivity index is 3.21. The first-order chi connectivity index (χ1) is 4.56. The van der Waals surface area contributed by atoms with Crippen molar-refractivity contribution in [1.29, 1.82) is 0 Å². The molecule has 0 radical (unpaired) electrons. The zero-order chi connectivity index (χ0) is 8.04. The van der Waals surface area contributed by atoms with Gasteiger partial charge in [0.2, 0.25) is 0 Å². The molecule has 0 aromatic carbocycles. The van der Waals surface area contributed by atoms with Crippen molar-refractivity contribution in [1.82, 2.24) is 0 Å². The van der Waals surface area contributed by atoms with Crippen molar-refractivity contribution in [2.24, 2.45) is 0 Å². The lowest BCUT2D eigenvalue weighted by molar-refractivity contribution is 0.603. The Bertz CT molecular complexity index is 161. The minimum Gasteiger partial charge on any atom is -0.229 e. The fourth-order valence-electron chi connectivity index (χ4n) is 0.457. The largest absolute Gasteiger partial charge is 0.229 e. The summed E-state index contributed by atoms with van der Waals surface area (Å²) in [5.41, 5.74) is 0. The van der Waals surface area contributed by atoms with Gasteiger partial charge in [-0.25, -0.2) is 8.42 Å². The van der Waals surface area contributed by atoms with E-state index in [-0.39, 0.29) is 0 Å². The van der Waals surface area contributed by atoms with Gasteiger partial charge in [0.05, 0.1) is 5.75 Å². The van der Waals surface area contributed by atoms with Crippen LogP contribution in [0.3, 0.4) is 0 Å². The Morgan fingerprint density at radius 2 is 1.90 bits per heavy atom. The molecule has 0 heterocycles. The van der Waals surface area contributed by atoms with Gasteiger partial charge in [-0.05, 0) is 12.2 Å². The van der Waals surface area contributed by atoms with Crippen LogP contribution in [0.4, 0.5) is 0 Å². The summed E-state index contributed by atoms with van der Waals surface area (Å²) in [7, 11) is -2.73. The first kappa shape index (κ1) is 10.3. The van der Waals surface area contributed by atoms with Crippen LogP contribution in [0.5, 0.6) is 0 Å². The molecule has 0 aromatic rings. The van der Waals surface area contributed by atoms with Gasteiger partial charge in [0, 0.05) is 12.0 Å². The van der Waals surface area contributed by atoms with Crippen LogP contribution in [0.1, 0.15) is 13.3 Å². The van der Waals surface area contributed by atoms with Gasteiger partial charge in [-0.15, -0.1) is 0 Å². The second kappa shape index (κ2) is 5.02. The van der Waals surface area contributed by atoms with Crippen LogP contribution in [0, 0.1) is 0 Å². The van der Waals surface area contributed by atoms with E-state index in [0.717, 1.165) is 17.9 Å². The molecule has 0 fully saturated rings. The summed E-state index contributed by atoms with van der Waals surface area (Å²) in [5, 5.41) is 0. The highest BCUT2D eigenvalue weighted by atomic mass is 32.2. The predicted octanol–water partition coefficient (Wildman–Crippen LogP) is 1.17. The molecule has 0 saturated carbocycles. The Kier molecular flexibility index (Phi) is 5.17. The normalized spacial score (nSPS) is 11.8. The van der Waals surface area contributed by atoms with Gasteiger partial charge in [-0.1, -0.05) is 6.92 Å². The molecule has 0 bridgehead atoms. The highest BCUT2D eigenvalue weighted by Gasteiger charge is 1.99. The van der Waals surface area contributed by atoms with E-state index in [4.69, 9.17) is 0 Å². The van der Waals surface area contributed by atoms with Crippen molar-refractivity contribution in [2.45, 2.75) is 13.3 Å². The van der Waals surface area contributed by atoms with Gasteiger partial charge in [0.1, 0.15) is 9.84 Å². The van der Waals surface area contributed by atoms with Crippen molar-refractivity contribution in [2.75, 3.05) is 23.5 Å².